The van der Waals surface area contributed by atoms with Crippen molar-refractivity contribution in [2.45, 2.75) is 116 Å². The van der Waals surface area contributed by atoms with E-state index < -0.39 is 59.1 Å². The SMILES string of the molecule is CC(=O)Nc1nc(N[C@H]2O[C@@H]3CO[Si](C(C)C)(C(C)C)O[Si](C(C)C)(C(C)C)O[C@H]3[C@H]2OC(C)=O)c(NC=O)c(=O)[nH]1. The first kappa shape index (κ1) is 33.9. The Balaban J connectivity index is 2.13. The van der Waals surface area contributed by atoms with Crippen molar-refractivity contribution in [3.63, 3.8) is 0 Å². The quantitative estimate of drug-likeness (QED) is 0.170. The van der Waals surface area contributed by atoms with Crippen molar-refractivity contribution < 1.29 is 36.8 Å². The molecule has 236 valence electrons. The van der Waals surface area contributed by atoms with Crippen LogP contribution in [-0.2, 0) is 36.8 Å². The fourth-order valence-corrected chi connectivity index (χ4v) is 16.9. The number of carbonyl (C=O) groups excluding carboxylic acids is 3. The number of fused-ring (bicyclic) bond motifs is 1. The van der Waals surface area contributed by atoms with Gasteiger partial charge in [-0.2, -0.15) is 4.98 Å². The van der Waals surface area contributed by atoms with E-state index in [1.54, 1.807) is 0 Å². The summed E-state index contributed by atoms with van der Waals surface area (Å²) in [5.41, 5.74) is -0.662. The van der Waals surface area contributed by atoms with Crippen molar-refractivity contribution >= 4 is 52.9 Å². The number of nitrogens with one attached hydrogen (secondary N) is 4. The monoisotopic (exact) mass is 627 g/mol. The third kappa shape index (κ3) is 6.78. The van der Waals surface area contributed by atoms with Crippen molar-refractivity contribution in [2.24, 2.45) is 0 Å². The zero-order valence-electron chi connectivity index (χ0n) is 26.0. The maximum Gasteiger partial charge on any atom is 0.335 e. The smallest absolute Gasteiger partial charge is 0.335 e. The van der Waals surface area contributed by atoms with Crippen LogP contribution in [0.2, 0.25) is 22.2 Å². The Kier molecular flexibility index (Phi) is 10.8. The molecule has 0 radical (unpaired) electrons. The minimum atomic E-state index is -3.08. The van der Waals surface area contributed by atoms with Gasteiger partial charge in [0.25, 0.3) is 5.56 Å². The van der Waals surface area contributed by atoms with Crippen molar-refractivity contribution in [2.75, 3.05) is 22.6 Å². The second-order valence-electron chi connectivity index (χ2n) is 12.0. The van der Waals surface area contributed by atoms with Gasteiger partial charge in [0.15, 0.2) is 18.1 Å². The fourth-order valence-electron chi connectivity index (χ4n) is 5.71. The van der Waals surface area contributed by atoms with E-state index in [0.29, 0.717) is 6.41 Å². The number of aromatic amines is 1. The van der Waals surface area contributed by atoms with E-state index in [1.807, 2.05) is 0 Å². The Bertz CT molecular complexity index is 1190. The van der Waals surface area contributed by atoms with E-state index in [9.17, 15) is 19.2 Å². The molecule has 2 aliphatic rings. The van der Waals surface area contributed by atoms with E-state index >= 15 is 0 Å². The summed E-state index contributed by atoms with van der Waals surface area (Å²) < 4.78 is 33.2. The highest BCUT2D eigenvalue weighted by Crippen LogP contribution is 2.48. The summed E-state index contributed by atoms with van der Waals surface area (Å²) in [4.78, 5) is 54.7. The molecule has 0 aliphatic carbocycles. The first-order chi connectivity index (χ1) is 19.6. The number of carbonyl (C=O) groups is 3. The molecule has 42 heavy (non-hydrogen) atoms. The summed E-state index contributed by atoms with van der Waals surface area (Å²) in [6, 6.07) is 0. The van der Waals surface area contributed by atoms with Crippen LogP contribution >= 0.6 is 0 Å². The summed E-state index contributed by atoms with van der Waals surface area (Å²) in [6.07, 6.45) is -3.16. The summed E-state index contributed by atoms with van der Waals surface area (Å²) in [5, 5.41) is 7.74. The molecule has 14 nitrogen and oxygen atoms in total. The first-order valence-corrected chi connectivity index (χ1v) is 18.2. The number of esters is 1. The van der Waals surface area contributed by atoms with Crippen molar-refractivity contribution in [3.8, 4) is 0 Å². The van der Waals surface area contributed by atoms with Gasteiger partial charge in [0.2, 0.25) is 18.3 Å². The van der Waals surface area contributed by atoms with Crippen LogP contribution in [0.25, 0.3) is 0 Å². The third-order valence-electron chi connectivity index (χ3n) is 7.64. The van der Waals surface area contributed by atoms with E-state index in [4.69, 9.17) is 22.4 Å². The average Bonchev–Trinajstić information content (AvgIpc) is 3.14. The zero-order chi connectivity index (χ0) is 31.6. The second kappa shape index (κ2) is 13.3. The number of aromatic nitrogens is 2. The lowest BCUT2D eigenvalue weighted by Crippen LogP contribution is -2.66. The van der Waals surface area contributed by atoms with Crippen LogP contribution in [-0.4, -0.2) is 76.5 Å². The van der Waals surface area contributed by atoms with Crippen LogP contribution in [0.5, 0.6) is 0 Å². The molecule has 4 atom stereocenters. The highest BCUT2D eigenvalue weighted by Gasteiger charge is 2.62. The molecule has 0 spiro atoms. The molecular formula is C26H45N5O9Si2. The van der Waals surface area contributed by atoms with Gasteiger partial charge in [0.05, 0.1) is 6.61 Å². The minimum absolute atomic E-state index is 0.0205. The topological polar surface area (TPSA) is 179 Å². The molecule has 2 saturated heterocycles. The molecule has 3 rings (SSSR count). The maximum atomic E-state index is 12.8. The van der Waals surface area contributed by atoms with Crippen molar-refractivity contribution in [3.05, 3.63) is 10.4 Å². The number of ether oxygens (including phenoxy) is 2. The number of amides is 2. The number of anilines is 3. The van der Waals surface area contributed by atoms with E-state index in [-0.39, 0.29) is 46.2 Å². The molecule has 0 bridgehead atoms. The van der Waals surface area contributed by atoms with Gasteiger partial charge in [-0.05, 0) is 22.2 Å². The van der Waals surface area contributed by atoms with Gasteiger partial charge in [-0.1, -0.05) is 55.4 Å². The summed E-state index contributed by atoms with van der Waals surface area (Å²) in [7, 11) is -5.94. The van der Waals surface area contributed by atoms with Gasteiger partial charge in [0, 0.05) is 13.8 Å². The molecule has 2 aliphatic heterocycles. The molecule has 2 amide bonds. The van der Waals surface area contributed by atoms with Crippen LogP contribution in [0.3, 0.4) is 0 Å². The Labute approximate surface area is 248 Å². The fraction of sp³-hybridized carbons (Fsp3) is 0.731. The van der Waals surface area contributed by atoms with Gasteiger partial charge in [-0.3, -0.25) is 29.5 Å². The Morgan fingerprint density at radius 1 is 1.02 bits per heavy atom. The first-order valence-electron chi connectivity index (χ1n) is 14.3. The van der Waals surface area contributed by atoms with Crippen LogP contribution in [0.1, 0.15) is 69.2 Å². The summed E-state index contributed by atoms with van der Waals surface area (Å²) in [6.45, 7) is 19.4. The molecule has 3 heterocycles. The van der Waals surface area contributed by atoms with Crippen LogP contribution < -0.4 is 21.5 Å². The molecule has 4 N–H and O–H groups in total. The highest BCUT2D eigenvalue weighted by atomic mass is 28.5. The number of rotatable bonds is 10. The summed E-state index contributed by atoms with van der Waals surface area (Å²) in [5.74, 6) is -1.29. The third-order valence-corrected chi connectivity index (χ3v) is 17.9. The molecular weight excluding hydrogens is 582 g/mol. The van der Waals surface area contributed by atoms with Crippen LogP contribution in [0.4, 0.5) is 17.5 Å². The Hall–Kier alpha value is -2.64. The highest BCUT2D eigenvalue weighted by molar-refractivity contribution is 6.84. The van der Waals surface area contributed by atoms with Crippen molar-refractivity contribution in [1.29, 1.82) is 0 Å². The second-order valence-corrected chi connectivity index (χ2v) is 20.8. The lowest BCUT2D eigenvalue weighted by atomic mass is 10.1. The van der Waals surface area contributed by atoms with E-state index in [2.05, 4.69) is 81.3 Å². The maximum absolute atomic E-state index is 12.8. The zero-order valence-corrected chi connectivity index (χ0v) is 28.0. The minimum Gasteiger partial charge on any atom is -0.455 e. The molecule has 1 aromatic heterocycles. The molecule has 16 heteroatoms. The van der Waals surface area contributed by atoms with Gasteiger partial charge in [0.1, 0.15) is 17.9 Å². The van der Waals surface area contributed by atoms with Gasteiger partial charge >= 0.3 is 23.1 Å². The summed E-state index contributed by atoms with van der Waals surface area (Å²) >= 11 is 0. The number of hydrogen-bond acceptors (Lipinski definition) is 11. The molecule has 2 fully saturated rings. The predicted molar refractivity (Wildman–Crippen MR) is 160 cm³/mol. The van der Waals surface area contributed by atoms with Crippen LogP contribution in [0, 0.1) is 0 Å². The lowest BCUT2D eigenvalue weighted by molar-refractivity contribution is -0.152. The average molecular weight is 628 g/mol. The normalized spacial score (nSPS) is 25.1. The van der Waals surface area contributed by atoms with Crippen LogP contribution in [0.15, 0.2) is 4.79 Å². The lowest BCUT2D eigenvalue weighted by Gasteiger charge is -2.51. The number of hydrogen-bond donors (Lipinski definition) is 4. The van der Waals surface area contributed by atoms with E-state index in [1.165, 1.54) is 13.8 Å². The Morgan fingerprint density at radius 2 is 1.62 bits per heavy atom. The molecule has 0 saturated carbocycles. The predicted octanol–water partition coefficient (Wildman–Crippen LogP) is 3.32. The van der Waals surface area contributed by atoms with Crippen molar-refractivity contribution in [1.82, 2.24) is 9.97 Å². The standard InChI is InChI=1S/C26H45N5O9Si2/c1-13(2)41(14(3)4)36-11-19-21(39-42(40-41,15(5)6)16(7)8)22(37-18(10)34)25(38-19)29-23-20(27-12-32)24(35)31-26(30-23)28-17(9)33/h12-16,19,21-22,25H,11H2,1-10H3,(H,27,32)(H3,28,29,30,31,33,35)/t19-,21-,22-,25+/m1/s1. The Morgan fingerprint density at radius 3 is 2.12 bits per heavy atom. The molecule has 0 aromatic carbocycles. The molecule has 0 unspecified atom stereocenters. The number of nitrogens with zero attached hydrogens (tertiary/aromatic N) is 1. The number of H-pyrrole nitrogens is 1. The largest absolute Gasteiger partial charge is 0.455 e. The van der Waals surface area contributed by atoms with Gasteiger partial charge in [-0.15, -0.1) is 0 Å². The molecule has 1 aromatic rings. The van der Waals surface area contributed by atoms with Gasteiger partial charge < -0.3 is 33.1 Å². The van der Waals surface area contributed by atoms with E-state index in [0.717, 1.165) is 0 Å². The van der Waals surface area contributed by atoms with Gasteiger partial charge in [-0.25, -0.2) is 0 Å².